The number of hydrogen-bond acceptors (Lipinski definition) is 4. The first-order chi connectivity index (χ1) is 11.0. The topological polar surface area (TPSA) is 73.1 Å². The summed E-state index contributed by atoms with van der Waals surface area (Å²) in [5.41, 5.74) is 1.95. The summed E-state index contributed by atoms with van der Waals surface area (Å²) >= 11 is 5.85. The van der Waals surface area contributed by atoms with Crippen LogP contribution in [0.4, 0.5) is 5.69 Å². The van der Waals surface area contributed by atoms with Crippen molar-refractivity contribution in [1.29, 1.82) is 0 Å². The van der Waals surface area contributed by atoms with Gasteiger partial charge in [-0.05, 0) is 49.4 Å². The summed E-state index contributed by atoms with van der Waals surface area (Å²) in [5, 5.41) is 25.3. The maximum atomic E-state index is 12.6. The highest BCUT2D eigenvalue weighted by Crippen LogP contribution is 2.29. The van der Waals surface area contributed by atoms with E-state index in [2.05, 4.69) is 5.10 Å². The van der Waals surface area contributed by atoms with Gasteiger partial charge in [0.1, 0.15) is 11.5 Å². The van der Waals surface area contributed by atoms with Crippen molar-refractivity contribution in [2.45, 2.75) is 6.92 Å². The van der Waals surface area contributed by atoms with E-state index in [-0.39, 0.29) is 17.4 Å². The predicted molar refractivity (Wildman–Crippen MR) is 89.8 cm³/mol. The van der Waals surface area contributed by atoms with E-state index in [0.29, 0.717) is 27.6 Å². The summed E-state index contributed by atoms with van der Waals surface area (Å²) in [6, 6.07) is 11.0. The molecule has 0 bridgehead atoms. The van der Waals surface area contributed by atoms with Gasteiger partial charge in [-0.1, -0.05) is 11.6 Å². The molecule has 3 rings (SSSR count). The van der Waals surface area contributed by atoms with Crippen molar-refractivity contribution in [2.75, 3.05) is 5.01 Å². The zero-order chi connectivity index (χ0) is 16.6. The first kappa shape index (κ1) is 15.1. The van der Waals surface area contributed by atoms with E-state index in [1.807, 2.05) is 0 Å². The number of nitrogens with zero attached hydrogens (tertiary/aromatic N) is 2. The molecule has 0 saturated carbocycles. The van der Waals surface area contributed by atoms with Crippen molar-refractivity contribution in [3.8, 4) is 11.5 Å². The molecule has 1 heterocycles. The standard InChI is InChI=1S/C17H13ClN2O3/c1-10-15(8-11-2-7-14(21)9-16(11)22)17(23)20(19-10)13-5-3-12(18)4-6-13/h2-9,21-22H,1H3. The zero-order valence-electron chi connectivity index (χ0n) is 12.2. The number of amides is 1. The number of hydrogen-bond donors (Lipinski definition) is 2. The number of halogens is 1. The fourth-order valence-corrected chi connectivity index (χ4v) is 2.38. The van der Waals surface area contributed by atoms with Gasteiger partial charge in [-0.3, -0.25) is 4.79 Å². The summed E-state index contributed by atoms with van der Waals surface area (Å²) in [5.74, 6) is -0.448. The summed E-state index contributed by atoms with van der Waals surface area (Å²) in [6.45, 7) is 1.72. The van der Waals surface area contributed by atoms with Crippen LogP contribution in [0.15, 0.2) is 53.1 Å². The molecule has 116 valence electrons. The molecule has 6 heteroatoms. The van der Waals surface area contributed by atoms with E-state index in [0.717, 1.165) is 0 Å². The van der Waals surface area contributed by atoms with Crippen molar-refractivity contribution in [3.63, 3.8) is 0 Å². The second-order valence-electron chi connectivity index (χ2n) is 5.08. The molecule has 0 spiro atoms. The van der Waals surface area contributed by atoms with Crippen LogP contribution in [-0.4, -0.2) is 21.8 Å². The van der Waals surface area contributed by atoms with Gasteiger partial charge in [0.25, 0.3) is 5.91 Å². The summed E-state index contributed by atoms with van der Waals surface area (Å²) in [7, 11) is 0. The molecule has 0 radical (unpaired) electrons. The minimum Gasteiger partial charge on any atom is -0.508 e. The number of phenolic OH excluding ortho intramolecular Hbond substituents is 2. The van der Waals surface area contributed by atoms with Crippen molar-refractivity contribution in [2.24, 2.45) is 5.10 Å². The highest BCUT2D eigenvalue weighted by molar-refractivity contribution is 6.32. The predicted octanol–water partition coefficient (Wildman–Crippen LogP) is 3.56. The molecule has 2 aromatic rings. The monoisotopic (exact) mass is 328 g/mol. The van der Waals surface area contributed by atoms with Crippen LogP contribution in [0.3, 0.4) is 0 Å². The van der Waals surface area contributed by atoms with Crippen LogP contribution in [0.2, 0.25) is 5.02 Å². The van der Waals surface area contributed by atoms with Crippen molar-refractivity contribution in [1.82, 2.24) is 0 Å². The second-order valence-corrected chi connectivity index (χ2v) is 5.52. The fourth-order valence-electron chi connectivity index (χ4n) is 2.25. The Labute approximate surface area is 137 Å². The smallest absolute Gasteiger partial charge is 0.280 e. The van der Waals surface area contributed by atoms with Gasteiger partial charge in [-0.25, -0.2) is 0 Å². The Kier molecular flexibility index (Phi) is 3.80. The molecule has 0 atom stereocenters. The summed E-state index contributed by atoms with van der Waals surface area (Å²) < 4.78 is 0. The van der Waals surface area contributed by atoms with Crippen LogP contribution in [0, 0.1) is 0 Å². The third-order valence-electron chi connectivity index (χ3n) is 3.45. The number of rotatable bonds is 2. The first-order valence-corrected chi connectivity index (χ1v) is 7.23. The second kappa shape index (κ2) is 5.78. The number of hydrazone groups is 1. The van der Waals surface area contributed by atoms with E-state index >= 15 is 0 Å². The van der Waals surface area contributed by atoms with E-state index in [4.69, 9.17) is 11.6 Å². The number of carbonyl (C=O) groups is 1. The van der Waals surface area contributed by atoms with E-state index in [1.165, 1.54) is 23.2 Å². The number of carbonyl (C=O) groups excluding carboxylic acids is 1. The largest absolute Gasteiger partial charge is 0.508 e. The molecule has 5 nitrogen and oxygen atoms in total. The molecule has 2 N–H and O–H groups in total. The average molecular weight is 329 g/mol. The minimum absolute atomic E-state index is 0.0458. The van der Waals surface area contributed by atoms with E-state index in [1.54, 1.807) is 37.3 Å². The molecule has 1 amide bonds. The molecule has 2 aromatic carbocycles. The SMILES string of the molecule is CC1=NN(c2ccc(Cl)cc2)C(=O)C1=Cc1ccc(O)cc1O. The number of phenols is 2. The minimum atomic E-state index is -0.294. The van der Waals surface area contributed by atoms with Crippen LogP contribution in [0.5, 0.6) is 11.5 Å². The molecule has 23 heavy (non-hydrogen) atoms. The first-order valence-electron chi connectivity index (χ1n) is 6.85. The Hall–Kier alpha value is -2.79. The molecular formula is C17H13ClN2O3. The Balaban J connectivity index is 1.96. The highest BCUT2D eigenvalue weighted by Gasteiger charge is 2.28. The highest BCUT2D eigenvalue weighted by atomic mass is 35.5. The molecule has 0 fully saturated rings. The van der Waals surface area contributed by atoms with Gasteiger partial charge in [-0.15, -0.1) is 0 Å². The third-order valence-corrected chi connectivity index (χ3v) is 3.70. The number of anilines is 1. The lowest BCUT2D eigenvalue weighted by Gasteiger charge is -2.11. The lowest BCUT2D eigenvalue weighted by molar-refractivity contribution is -0.114. The molecule has 1 aliphatic rings. The molecular weight excluding hydrogens is 316 g/mol. The van der Waals surface area contributed by atoms with E-state index < -0.39 is 0 Å². The van der Waals surface area contributed by atoms with Crippen LogP contribution in [0.1, 0.15) is 12.5 Å². The summed E-state index contributed by atoms with van der Waals surface area (Å²) in [6.07, 6.45) is 1.55. The Bertz CT molecular complexity index is 841. The van der Waals surface area contributed by atoms with Gasteiger partial charge in [0.2, 0.25) is 0 Å². The van der Waals surface area contributed by atoms with Crippen molar-refractivity contribution < 1.29 is 15.0 Å². The average Bonchev–Trinajstić information content (AvgIpc) is 2.78. The van der Waals surface area contributed by atoms with Gasteiger partial charge < -0.3 is 10.2 Å². The van der Waals surface area contributed by atoms with Crippen LogP contribution in [-0.2, 0) is 4.79 Å². The Morgan fingerprint density at radius 3 is 2.48 bits per heavy atom. The summed E-state index contributed by atoms with van der Waals surface area (Å²) in [4.78, 5) is 12.6. The molecule has 0 aromatic heterocycles. The fraction of sp³-hybridized carbons (Fsp3) is 0.0588. The maximum absolute atomic E-state index is 12.6. The Morgan fingerprint density at radius 2 is 1.83 bits per heavy atom. The number of aromatic hydroxyl groups is 2. The maximum Gasteiger partial charge on any atom is 0.280 e. The van der Waals surface area contributed by atoms with Crippen molar-refractivity contribution in [3.05, 3.63) is 58.6 Å². The Morgan fingerprint density at radius 1 is 1.13 bits per heavy atom. The van der Waals surface area contributed by atoms with Crippen LogP contribution < -0.4 is 5.01 Å². The van der Waals surface area contributed by atoms with Crippen LogP contribution in [0.25, 0.3) is 6.08 Å². The van der Waals surface area contributed by atoms with E-state index in [9.17, 15) is 15.0 Å². The molecule has 0 saturated heterocycles. The number of benzene rings is 2. The van der Waals surface area contributed by atoms with Gasteiger partial charge in [0, 0.05) is 16.7 Å². The molecule has 1 aliphatic heterocycles. The van der Waals surface area contributed by atoms with Crippen molar-refractivity contribution >= 4 is 35.0 Å². The molecule has 0 aliphatic carbocycles. The van der Waals surface area contributed by atoms with Crippen LogP contribution >= 0.6 is 11.6 Å². The van der Waals surface area contributed by atoms with Gasteiger partial charge >= 0.3 is 0 Å². The lowest BCUT2D eigenvalue weighted by atomic mass is 10.1. The third kappa shape index (κ3) is 2.91. The van der Waals surface area contributed by atoms with Gasteiger partial charge in [0.15, 0.2) is 0 Å². The molecule has 0 unspecified atom stereocenters. The van der Waals surface area contributed by atoms with Gasteiger partial charge in [0.05, 0.1) is 17.0 Å². The quantitative estimate of drug-likeness (QED) is 0.828. The lowest BCUT2D eigenvalue weighted by Crippen LogP contribution is -2.21. The normalized spacial score (nSPS) is 16.1. The zero-order valence-corrected chi connectivity index (χ0v) is 12.9. The van der Waals surface area contributed by atoms with Gasteiger partial charge in [-0.2, -0.15) is 10.1 Å².